The zero-order chi connectivity index (χ0) is 14.9. The molecule has 3 nitrogen and oxygen atoms in total. The number of hydrogen-bond donors (Lipinski definition) is 2. The van der Waals surface area contributed by atoms with Crippen LogP contribution in [0, 0.1) is 23.2 Å². The Morgan fingerprint density at radius 3 is 2.27 bits per heavy atom. The summed E-state index contributed by atoms with van der Waals surface area (Å²) in [4.78, 5) is 4.45. The van der Waals surface area contributed by atoms with Gasteiger partial charge in [-0.3, -0.25) is 0 Å². The minimum Gasteiger partial charge on any atom is -0.384 e. The molecule has 1 aromatic carbocycles. The Balaban J connectivity index is 1.52. The second-order valence-corrected chi connectivity index (χ2v) is 8.47. The normalized spacial score (nSPS) is 45.0. The Hall–Kier alpha value is -1.35. The Kier molecular flexibility index (Phi) is 2.47. The molecule has 3 N–H and O–H groups in total. The molecule has 116 valence electrons. The largest absolute Gasteiger partial charge is 0.384 e. The molecular weight excluding hydrogens is 272 g/mol. The quantitative estimate of drug-likeness (QED) is 0.877. The molecule has 5 aliphatic rings. The second-order valence-electron chi connectivity index (χ2n) is 8.47. The average molecular weight is 296 g/mol. The third-order valence-electron chi connectivity index (χ3n) is 6.81. The molecule has 4 fully saturated rings. The number of aliphatic imine (C=N–C) groups is 1. The predicted octanol–water partition coefficient (Wildman–Crippen LogP) is 3.48. The first-order valence-electron chi connectivity index (χ1n) is 8.73. The average Bonchev–Trinajstić information content (AvgIpc) is 2.68. The van der Waals surface area contributed by atoms with Crippen molar-refractivity contribution in [1.29, 1.82) is 0 Å². The van der Waals surface area contributed by atoms with Crippen LogP contribution in [0.2, 0.25) is 0 Å². The van der Waals surface area contributed by atoms with E-state index in [1.54, 1.807) is 0 Å². The summed E-state index contributed by atoms with van der Waals surface area (Å²) >= 11 is 0. The molecule has 1 aliphatic heterocycles. The number of nitrogens with two attached hydrogens (primary N) is 1. The molecule has 3 heteroatoms. The molecule has 0 aromatic heterocycles. The lowest BCUT2D eigenvalue weighted by Crippen LogP contribution is -2.51. The second kappa shape index (κ2) is 4.14. The summed E-state index contributed by atoms with van der Waals surface area (Å²) in [6.07, 6.45) is 8.92. The number of aliphatic hydroxyl groups is 1. The highest BCUT2D eigenvalue weighted by atomic mass is 16.3. The van der Waals surface area contributed by atoms with Gasteiger partial charge in [-0.05, 0) is 74.2 Å². The van der Waals surface area contributed by atoms with Crippen LogP contribution in [0.4, 0.5) is 5.69 Å². The van der Waals surface area contributed by atoms with Crippen molar-refractivity contribution in [2.45, 2.75) is 50.5 Å². The number of amidine groups is 1. The summed E-state index contributed by atoms with van der Waals surface area (Å²) in [5.41, 5.74) is 7.22. The molecular formula is C19H24N2O. The van der Waals surface area contributed by atoms with Gasteiger partial charge in [0.2, 0.25) is 0 Å². The molecule has 1 atom stereocenters. The van der Waals surface area contributed by atoms with E-state index in [0.717, 1.165) is 35.4 Å². The molecule has 4 saturated carbocycles. The van der Waals surface area contributed by atoms with E-state index in [-0.39, 0.29) is 0 Å². The maximum absolute atomic E-state index is 11.4. The third-order valence-corrected chi connectivity index (χ3v) is 6.81. The number of hydrogen-bond acceptors (Lipinski definition) is 3. The summed E-state index contributed by atoms with van der Waals surface area (Å²) in [5.74, 6) is 3.09. The number of rotatable bonds is 2. The SMILES string of the molecule is NC1=Nc2ccccc2C1(O)CC12CC3CC(CC(C3)C1)C2. The molecule has 0 saturated heterocycles. The van der Waals surface area contributed by atoms with E-state index in [2.05, 4.69) is 4.99 Å². The lowest BCUT2D eigenvalue weighted by atomic mass is 9.47. The van der Waals surface area contributed by atoms with Crippen LogP contribution >= 0.6 is 0 Å². The lowest BCUT2D eigenvalue weighted by molar-refractivity contribution is -0.0875. The van der Waals surface area contributed by atoms with Crippen molar-refractivity contribution in [2.24, 2.45) is 33.9 Å². The molecule has 22 heavy (non-hydrogen) atoms. The maximum Gasteiger partial charge on any atom is 0.149 e. The van der Waals surface area contributed by atoms with Crippen molar-refractivity contribution in [3.63, 3.8) is 0 Å². The zero-order valence-electron chi connectivity index (χ0n) is 13.0. The van der Waals surface area contributed by atoms with Crippen LogP contribution in [0.25, 0.3) is 0 Å². The molecule has 4 bridgehead atoms. The predicted molar refractivity (Wildman–Crippen MR) is 86.8 cm³/mol. The first-order chi connectivity index (χ1) is 10.6. The van der Waals surface area contributed by atoms with Gasteiger partial charge in [0.25, 0.3) is 0 Å². The molecule has 0 amide bonds. The zero-order valence-corrected chi connectivity index (χ0v) is 13.0. The minimum absolute atomic E-state index is 0.293. The van der Waals surface area contributed by atoms with E-state index in [1.807, 2.05) is 24.3 Å². The summed E-state index contributed by atoms with van der Waals surface area (Å²) in [6.45, 7) is 0. The fraction of sp³-hybridized carbons (Fsp3) is 0.632. The molecule has 6 rings (SSSR count). The van der Waals surface area contributed by atoms with Gasteiger partial charge in [-0.2, -0.15) is 0 Å². The van der Waals surface area contributed by atoms with Crippen LogP contribution in [0.1, 0.15) is 50.5 Å². The first kappa shape index (κ1) is 13.1. The number of nitrogens with zero attached hydrogens (tertiary/aromatic N) is 1. The van der Waals surface area contributed by atoms with Gasteiger partial charge in [0.15, 0.2) is 0 Å². The summed E-state index contributed by atoms with van der Waals surface area (Å²) in [7, 11) is 0. The van der Waals surface area contributed by atoms with Gasteiger partial charge in [0.1, 0.15) is 11.4 Å². The van der Waals surface area contributed by atoms with Crippen LogP contribution in [0.3, 0.4) is 0 Å². The van der Waals surface area contributed by atoms with E-state index in [0.29, 0.717) is 11.3 Å². The number of para-hydroxylation sites is 1. The van der Waals surface area contributed by atoms with Crippen molar-refractivity contribution in [1.82, 2.24) is 0 Å². The van der Waals surface area contributed by atoms with Crippen molar-refractivity contribution < 1.29 is 5.11 Å². The number of benzene rings is 1. The minimum atomic E-state index is -1.04. The highest BCUT2D eigenvalue weighted by Gasteiger charge is 2.55. The Bertz CT molecular complexity index is 630. The van der Waals surface area contributed by atoms with Gasteiger partial charge in [0, 0.05) is 5.56 Å². The fourth-order valence-corrected chi connectivity index (χ4v) is 6.52. The van der Waals surface area contributed by atoms with E-state index < -0.39 is 5.60 Å². The molecule has 0 spiro atoms. The van der Waals surface area contributed by atoms with Gasteiger partial charge < -0.3 is 10.8 Å². The van der Waals surface area contributed by atoms with Gasteiger partial charge in [0.05, 0.1) is 5.69 Å². The molecule has 1 unspecified atom stereocenters. The van der Waals surface area contributed by atoms with Gasteiger partial charge in [-0.25, -0.2) is 4.99 Å². The molecule has 1 aromatic rings. The van der Waals surface area contributed by atoms with E-state index in [4.69, 9.17) is 5.73 Å². The Morgan fingerprint density at radius 2 is 1.64 bits per heavy atom. The molecule has 4 aliphatic carbocycles. The Morgan fingerprint density at radius 1 is 1.05 bits per heavy atom. The summed E-state index contributed by atoms with van der Waals surface area (Å²) in [6, 6.07) is 7.91. The highest BCUT2D eigenvalue weighted by molar-refractivity contribution is 5.97. The lowest BCUT2D eigenvalue weighted by Gasteiger charge is -2.58. The Labute approximate surface area is 131 Å². The third kappa shape index (κ3) is 1.69. The van der Waals surface area contributed by atoms with Gasteiger partial charge in [-0.15, -0.1) is 0 Å². The standard InChI is InChI=1S/C19H24N2O/c20-17-19(22,15-3-1-2-4-16(15)21-17)11-18-8-12-5-13(9-18)7-14(6-12)10-18/h1-4,12-14,22H,5-11H2,(H2,20,21). The van der Waals surface area contributed by atoms with Gasteiger partial charge in [-0.1, -0.05) is 18.2 Å². The van der Waals surface area contributed by atoms with Crippen LogP contribution in [-0.2, 0) is 5.60 Å². The van der Waals surface area contributed by atoms with Crippen LogP contribution in [-0.4, -0.2) is 10.9 Å². The topological polar surface area (TPSA) is 58.6 Å². The van der Waals surface area contributed by atoms with Crippen LogP contribution < -0.4 is 5.73 Å². The maximum atomic E-state index is 11.4. The van der Waals surface area contributed by atoms with Crippen molar-refractivity contribution in [2.75, 3.05) is 0 Å². The smallest absolute Gasteiger partial charge is 0.149 e. The van der Waals surface area contributed by atoms with Crippen molar-refractivity contribution in [3.05, 3.63) is 29.8 Å². The van der Waals surface area contributed by atoms with Gasteiger partial charge >= 0.3 is 0 Å². The van der Waals surface area contributed by atoms with Crippen LogP contribution in [0.5, 0.6) is 0 Å². The van der Waals surface area contributed by atoms with Crippen molar-refractivity contribution >= 4 is 11.5 Å². The monoisotopic (exact) mass is 296 g/mol. The van der Waals surface area contributed by atoms with E-state index >= 15 is 0 Å². The highest BCUT2D eigenvalue weighted by Crippen LogP contribution is 2.63. The fourth-order valence-electron chi connectivity index (χ4n) is 6.52. The van der Waals surface area contributed by atoms with Crippen molar-refractivity contribution in [3.8, 4) is 0 Å². The first-order valence-corrected chi connectivity index (χ1v) is 8.73. The summed E-state index contributed by atoms with van der Waals surface area (Å²) in [5, 5.41) is 11.4. The molecule has 0 radical (unpaired) electrons. The van der Waals surface area contributed by atoms with E-state index in [1.165, 1.54) is 38.5 Å². The summed E-state index contributed by atoms with van der Waals surface area (Å²) < 4.78 is 0. The van der Waals surface area contributed by atoms with E-state index in [9.17, 15) is 5.11 Å². The molecule has 1 heterocycles. The number of fused-ring (bicyclic) bond motifs is 1. The van der Waals surface area contributed by atoms with Crippen LogP contribution in [0.15, 0.2) is 29.3 Å².